The Morgan fingerprint density at radius 1 is 1.09 bits per heavy atom. The lowest BCUT2D eigenvalue weighted by Crippen LogP contribution is -2.42. The van der Waals surface area contributed by atoms with Crippen LogP contribution in [0.4, 0.5) is 0 Å². The minimum absolute atomic E-state index is 0.0293. The molecule has 2 atom stereocenters. The average Bonchev–Trinajstić information content (AvgIpc) is 2.36. The van der Waals surface area contributed by atoms with Crippen LogP contribution in [0.3, 0.4) is 0 Å². The first-order chi connectivity index (χ1) is 10.4. The highest BCUT2D eigenvalue weighted by atomic mass is 16.5. The Morgan fingerprint density at radius 2 is 1.68 bits per heavy atom. The molecule has 0 bridgehead atoms. The van der Waals surface area contributed by atoms with Crippen molar-refractivity contribution in [2.24, 2.45) is 22.1 Å². The van der Waals surface area contributed by atoms with E-state index in [0.717, 1.165) is 0 Å². The van der Waals surface area contributed by atoms with E-state index in [1.54, 1.807) is 0 Å². The van der Waals surface area contributed by atoms with Gasteiger partial charge in [0.15, 0.2) is 0 Å². The predicted molar refractivity (Wildman–Crippen MR) is 87.9 cm³/mol. The molecule has 2 unspecified atom stereocenters. The van der Waals surface area contributed by atoms with Crippen molar-refractivity contribution in [3.63, 3.8) is 0 Å². The summed E-state index contributed by atoms with van der Waals surface area (Å²) in [7, 11) is 0. The van der Waals surface area contributed by atoms with Crippen LogP contribution in [-0.2, 0) is 9.53 Å². The Bertz CT molecular complexity index is 396. The first kappa shape index (κ1) is 17.4. The van der Waals surface area contributed by atoms with Crippen LogP contribution in [0.25, 0.3) is 0 Å². The second-order valence-electron chi connectivity index (χ2n) is 8.00. The maximum atomic E-state index is 12.2. The summed E-state index contributed by atoms with van der Waals surface area (Å²) in [5.41, 5.74) is -0.446. The minimum Gasteiger partial charge on any atom is -0.460 e. The molecule has 0 aromatic rings. The van der Waals surface area contributed by atoms with Gasteiger partial charge in [0, 0.05) is 0 Å². The van der Waals surface area contributed by atoms with E-state index in [2.05, 4.69) is 19.0 Å². The van der Waals surface area contributed by atoms with Crippen LogP contribution in [0.5, 0.6) is 0 Å². The highest BCUT2D eigenvalue weighted by Crippen LogP contribution is 2.34. The van der Waals surface area contributed by atoms with Crippen molar-refractivity contribution in [1.29, 1.82) is 0 Å². The minimum atomic E-state index is -0.446. The molecule has 0 aromatic heterocycles. The van der Waals surface area contributed by atoms with E-state index in [0.29, 0.717) is 12.3 Å². The van der Waals surface area contributed by atoms with Gasteiger partial charge >= 0.3 is 5.97 Å². The highest BCUT2D eigenvalue weighted by molar-refractivity contribution is 5.71. The Labute approximate surface area is 135 Å². The molecule has 4 heteroatoms. The molecule has 0 aromatic carbocycles. The zero-order chi connectivity index (χ0) is 16.2. The second-order valence-corrected chi connectivity index (χ2v) is 8.00. The Hall–Kier alpha value is -0.930. The molecule has 1 aliphatic heterocycles. The van der Waals surface area contributed by atoms with Gasteiger partial charge in [0.05, 0.1) is 12.0 Å². The molecule has 2 rings (SSSR count). The third-order valence-corrected chi connectivity index (χ3v) is 4.93. The standard InChI is InChI=1S/C18H32N2O2/c1-13(2)17-16(14-10-8-6-5-7-9-11-14)19-20-18(3,4)12-15(21)22-17/h13-14,16-17H,5-12H2,1-4H3. The summed E-state index contributed by atoms with van der Waals surface area (Å²) in [6.07, 6.45) is 9.08. The Kier molecular flexibility index (Phi) is 5.99. The summed E-state index contributed by atoms with van der Waals surface area (Å²) in [6, 6.07) is 0.0293. The van der Waals surface area contributed by atoms with Gasteiger partial charge in [-0.05, 0) is 38.5 Å². The fourth-order valence-electron chi connectivity index (χ4n) is 3.66. The molecule has 0 spiro atoms. The number of carbonyl (C=O) groups excluding carboxylic acids is 1. The molecular formula is C18H32N2O2. The molecule has 1 aliphatic carbocycles. The summed E-state index contributed by atoms with van der Waals surface area (Å²) in [4.78, 5) is 12.2. The van der Waals surface area contributed by atoms with Crippen LogP contribution in [0.15, 0.2) is 10.2 Å². The van der Waals surface area contributed by atoms with Crippen LogP contribution >= 0.6 is 0 Å². The van der Waals surface area contributed by atoms with E-state index in [-0.39, 0.29) is 24.0 Å². The van der Waals surface area contributed by atoms with Crippen molar-refractivity contribution in [1.82, 2.24) is 0 Å². The van der Waals surface area contributed by atoms with Gasteiger partial charge < -0.3 is 4.74 Å². The number of nitrogens with zero attached hydrogens (tertiary/aromatic N) is 2. The number of rotatable bonds is 2. The lowest BCUT2D eigenvalue weighted by Gasteiger charge is -2.36. The van der Waals surface area contributed by atoms with Gasteiger partial charge in [0.25, 0.3) is 0 Å². The molecule has 22 heavy (non-hydrogen) atoms. The maximum absolute atomic E-state index is 12.2. The summed E-state index contributed by atoms with van der Waals surface area (Å²) < 4.78 is 5.83. The molecule has 4 nitrogen and oxygen atoms in total. The molecule has 1 saturated carbocycles. The third kappa shape index (κ3) is 4.79. The van der Waals surface area contributed by atoms with Crippen molar-refractivity contribution < 1.29 is 9.53 Å². The SMILES string of the molecule is CC(C)C1OC(=O)CC(C)(C)N=NC1C1CCCCCCC1. The number of carbonyl (C=O) groups is 1. The van der Waals surface area contributed by atoms with Gasteiger partial charge in [0.1, 0.15) is 12.1 Å². The largest absolute Gasteiger partial charge is 0.460 e. The van der Waals surface area contributed by atoms with E-state index in [4.69, 9.17) is 9.85 Å². The van der Waals surface area contributed by atoms with Crippen molar-refractivity contribution >= 4 is 5.97 Å². The van der Waals surface area contributed by atoms with E-state index in [1.807, 2.05) is 13.8 Å². The zero-order valence-corrected chi connectivity index (χ0v) is 14.7. The molecule has 2 aliphatic rings. The summed E-state index contributed by atoms with van der Waals surface area (Å²) in [5.74, 6) is 0.649. The van der Waals surface area contributed by atoms with Gasteiger partial charge in [0.2, 0.25) is 0 Å². The van der Waals surface area contributed by atoms with Gasteiger partial charge in [-0.15, -0.1) is 0 Å². The summed E-state index contributed by atoms with van der Waals surface area (Å²) >= 11 is 0. The molecule has 0 saturated heterocycles. The molecule has 0 amide bonds. The van der Waals surface area contributed by atoms with Crippen molar-refractivity contribution in [3.05, 3.63) is 0 Å². The van der Waals surface area contributed by atoms with Crippen molar-refractivity contribution in [3.8, 4) is 0 Å². The number of cyclic esters (lactones) is 1. The third-order valence-electron chi connectivity index (χ3n) is 4.93. The number of azo groups is 1. The smallest absolute Gasteiger partial charge is 0.308 e. The number of ether oxygens (including phenoxy) is 1. The van der Waals surface area contributed by atoms with Crippen LogP contribution in [0, 0.1) is 11.8 Å². The molecule has 1 fully saturated rings. The van der Waals surface area contributed by atoms with Gasteiger partial charge in [-0.25, -0.2) is 0 Å². The van der Waals surface area contributed by atoms with E-state index < -0.39 is 5.54 Å². The highest BCUT2D eigenvalue weighted by Gasteiger charge is 2.38. The molecule has 1 heterocycles. The lowest BCUT2D eigenvalue weighted by molar-refractivity contribution is -0.156. The van der Waals surface area contributed by atoms with Crippen molar-refractivity contribution in [2.45, 2.75) is 96.7 Å². The summed E-state index contributed by atoms with van der Waals surface area (Å²) in [6.45, 7) is 8.16. The fourth-order valence-corrected chi connectivity index (χ4v) is 3.66. The van der Waals surface area contributed by atoms with Crippen LogP contribution < -0.4 is 0 Å². The van der Waals surface area contributed by atoms with Gasteiger partial charge in [-0.2, -0.15) is 10.2 Å². The lowest BCUT2D eigenvalue weighted by atomic mass is 9.81. The average molecular weight is 308 g/mol. The van der Waals surface area contributed by atoms with E-state index in [9.17, 15) is 4.79 Å². The molecule has 126 valence electrons. The summed E-state index contributed by atoms with van der Waals surface area (Å²) in [5, 5.41) is 9.25. The van der Waals surface area contributed by atoms with Crippen LogP contribution in [-0.4, -0.2) is 23.7 Å². The Balaban J connectivity index is 2.23. The molecular weight excluding hydrogens is 276 g/mol. The predicted octanol–water partition coefficient (Wildman–Crippen LogP) is 4.92. The first-order valence-corrected chi connectivity index (χ1v) is 9.00. The first-order valence-electron chi connectivity index (χ1n) is 9.00. The second kappa shape index (κ2) is 7.56. The van der Waals surface area contributed by atoms with Crippen molar-refractivity contribution in [2.75, 3.05) is 0 Å². The monoisotopic (exact) mass is 308 g/mol. The number of hydrogen-bond donors (Lipinski definition) is 0. The number of esters is 1. The quantitative estimate of drug-likeness (QED) is 0.680. The Morgan fingerprint density at radius 3 is 2.27 bits per heavy atom. The zero-order valence-electron chi connectivity index (χ0n) is 14.7. The number of hydrogen-bond acceptors (Lipinski definition) is 4. The molecule has 0 N–H and O–H groups in total. The van der Waals surface area contributed by atoms with E-state index in [1.165, 1.54) is 44.9 Å². The maximum Gasteiger partial charge on any atom is 0.308 e. The van der Waals surface area contributed by atoms with Gasteiger partial charge in [-0.1, -0.05) is 46.0 Å². The van der Waals surface area contributed by atoms with Gasteiger partial charge in [-0.3, -0.25) is 4.79 Å². The topological polar surface area (TPSA) is 51.0 Å². The normalized spacial score (nSPS) is 31.0. The fraction of sp³-hybridized carbons (Fsp3) is 0.944. The van der Waals surface area contributed by atoms with Crippen LogP contribution in [0.1, 0.15) is 79.1 Å². The van der Waals surface area contributed by atoms with Crippen LogP contribution in [0.2, 0.25) is 0 Å². The van der Waals surface area contributed by atoms with E-state index >= 15 is 0 Å². The molecule has 0 radical (unpaired) electrons.